The summed E-state index contributed by atoms with van der Waals surface area (Å²) >= 11 is 0. The number of halogens is 2. The normalized spacial score (nSPS) is 18.7. The van der Waals surface area contributed by atoms with Crippen LogP contribution < -0.4 is 5.43 Å². The number of aliphatic hydroxyl groups is 1. The van der Waals surface area contributed by atoms with Crippen molar-refractivity contribution >= 4 is 5.97 Å². The first-order valence-corrected chi connectivity index (χ1v) is 3.60. The summed E-state index contributed by atoms with van der Waals surface area (Å²) in [6, 6.07) is 0. The van der Waals surface area contributed by atoms with E-state index in [1.807, 2.05) is 0 Å². The van der Waals surface area contributed by atoms with E-state index in [0.29, 0.717) is 0 Å². The van der Waals surface area contributed by atoms with Gasteiger partial charge in [0, 0.05) is 13.1 Å². The number of hydrazone groups is 1. The predicted octanol–water partition coefficient (Wildman–Crippen LogP) is 0.0856. The lowest BCUT2D eigenvalue weighted by Gasteiger charge is -2.28. The maximum atomic E-state index is 12.6. The molecule has 7 heteroatoms. The molecule has 0 radical (unpaired) electrons. The van der Waals surface area contributed by atoms with Crippen LogP contribution in [0.5, 0.6) is 0 Å². The standard InChI is InChI=1S/C6H10F2N4O/c1-4(13)11(2)6-3-5(7)9-12(8)10-6/h3-4,10,13H,1-2H3. The first kappa shape index (κ1) is 9.72. The van der Waals surface area contributed by atoms with Crippen LogP contribution in [-0.2, 0) is 0 Å². The van der Waals surface area contributed by atoms with Crippen molar-refractivity contribution in [1.29, 1.82) is 0 Å². The van der Waals surface area contributed by atoms with Gasteiger partial charge in [-0.2, -0.15) is 4.39 Å². The first-order chi connectivity index (χ1) is 6.00. The maximum absolute atomic E-state index is 12.6. The van der Waals surface area contributed by atoms with Crippen molar-refractivity contribution in [2.75, 3.05) is 7.05 Å². The summed E-state index contributed by atoms with van der Waals surface area (Å²) in [4.78, 5) is 1.25. The van der Waals surface area contributed by atoms with Crippen LogP contribution in [0.2, 0.25) is 0 Å². The second kappa shape index (κ2) is 3.56. The molecular weight excluding hydrogens is 182 g/mol. The maximum Gasteiger partial charge on any atom is 0.239 e. The number of allylic oxidation sites excluding steroid dienone is 1. The summed E-state index contributed by atoms with van der Waals surface area (Å²) in [5.74, 6) is -0.881. The molecule has 1 rings (SSSR count). The molecule has 74 valence electrons. The minimum atomic E-state index is -0.969. The van der Waals surface area contributed by atoms with Gasteiger partial charge in [-0.15, -0.1) is 0 Å². The van der Waals surface area contributed by atoms with E-state index in [4.69, 9.17) is 5.11 Å². The van der Waals surface area contributed by atoms with Crippen LogP contribution in [-0.4, -0.2) is 34.6 Å². The highest BCUT2D eigenvalue weighted by molar-refractivity contribution is 5.87. The van der Waals surface area contributed by atoms with Crippen LogP contribution in [0, 0.1) is 0 Å². The number of nitrogens with zero attached hydrogens (tertiary/aromatic N) is 3. The Hall–Kier alpha value is -1.37. The summed E-state index contributed by atoms with van der Waals surface area (Å²) in [6.45, 7) is 1.47. The molecule has 2 N–H and O–H groups in total. The molecule has 0 aromatic heterocycles. The first-order valence-electron chi connectivity index (χ1n) is 3.60. The Labute approximate surface area is 73.8 Å². The predicted molar refractivity (Wildman–Crippen MR) is 42.2 cm³/mol. The van der Waals surface area contributed by atoms with Gasteiger partial charge in [0.05, 0.1) is 0 Å². The quantitative estimate of drug-likeness (QED) is 0.480. The number of nitrogens with one attached hydrogen (secondary N) is 1. The lowest BCUT2D eigenvalue weighted by Crippen LogP contribution is -2.41. The third-order valence-electron chi connectivity index (χ3n) is 1.59. The summed E-state index contributed by atoms with van der Waals surface area (Å²) in [7, 11) is 1.48. The smallest absolute Gasteiger partial charge is 0.239 e. The van der Waals surface area contributed by atoms with Crippen LogP contribution in [0.4, 0.5) is 8.87 Å². The molecule has 13 heavy (non-hydrogen) atoms. The minimum Gasteiger partial charge on any atom is -0.374 e. The van der Waals surface area contributed by atoms with Crippen molar-refractivity contribution in [2.45, 2.75) is 13.2 Å². The molecule has 0 spiro atoms. The summed E-state index contributed by atoms with van der Waals surface area (Å²) in [6.07, 6.45) is 0.126. The lowest BCUT2D eigenvalue weighted by molar-refractivity contribution is -0.0438. The average molecular weight is 192 g/mol. The van der Waals surface area contributed by atoms with Crippen molar-refractivity contribution in [3.8, 4) is 0 Å². The third-order valence-corrected chi connectivity index (χ3v) is 1.59. The van der Waals surface area contributed by atoms with E-state index in [1.165, 1.54) is 18.9 Å². The van der Waals surface area contributed by atoms with E-state index < -0.39 is 12.2 Å². The molecule has 1 unspecified atom stereocenters. The second-order valence-electron chi connectivity index (χ2n) is 2.57. The van der Waals surface area contributed by atoms with Gasteiger partial charge >= 0.3 is 0 Å². The van der Waals surface area contributed by atoms with Crippen LogP contribution in [0.25, 0.3) is 0 Å². The average Bonchev–Trinajstić information content (AvgIpc) is 2.01. The minimum absolute atomic E-state index is 0.0880. The molecule has 0 bridgehead atoms. The summed E-state index contributed by atoms with van der Waals surface area (Å²) in [5, 5.41) is 11.6. The number of hydrogen-bond donors (Lipinski definition) is 2. The molecule has 0 fully saturated rings. The van der Waals surface area contributed by atoms with E-state index >= 15 is 0 Å². The number of rotatable bonds is 2. The molecule has 1 aliphatic heterocycles. The van der Waals surface area contributed by atoms with E-state index in [1.54, 1.807) is 0 Å². The number of hydrazine groups is 1. The Morgan fingerprint density at radius 3 is 2.85 bits per heavy atom. The van der Waals surface area contributed by atoms with E-state index in [-0.39, 0.29) is 11.2 Å². The molecule has 0 saturated heterocycles. The van der Waals surface area contributed by atoms with E-state index in [0.717, 1.165) is 6.08 Å². The van der Waals surface area contributed by atoms with Gasteiger partial charge in [0.15, 0.2) is 0 Å². The highest BCUT2D eigenvalue weighted by Gasteiger charge is 2.17. The summed E-state index contributed by atoms with van der Waals surface area (Å²) in [5.41, 5.74) is 2.09. The van der Waals surface area contributed by atoms with Gasteiger partial charge in [-0.25, -0.2) is 5.43 Å². The number of aliphatic hydroxyl groups excluding tert-OH is 1. The zero-order valence-electron chi connectivity index (χ0n) is 7.20. The van der Waals surface area contributed by atoms with Crippen LogP contribution in [0.3, 0.4) is 0 Å². The van der Waals surface area contributed by atoms with Gasteiger partial charge in [0.2, 0.25) is 5.97 Å². The Morgan fingerprint density at radius 1 is 1.77 bits per heavy atom. The highest BCUT2D eigenvalue weighted by atomic mass is 19.2. The van der Waals surface area contributed by atoms with Crippen LogP contribution >= 0.6 is 0 Å². The zero-order valence-corrected chi connectivity index (χ0v) is 7.20. The molecule has 1 aliphatic rings. The van der Waals surface area contributed by atoms with Crippen molar-refractivity contribution in [3.63, 3.8) is 0 Å². The van der Waals surface area contributed by atoms with Gasteiger partial charge < -0.3 is 10.0 Å². The molecule has 1 atom stereocenters. The van der Waals surface area contributed by atoms with E-state index in [2.05, 4.69) is 10.5 Å². The fourth-order valence-electron chi connectivity index (χ4n) is 0.759. The molecular formula is C6H10F2N4O. The van der Waals surface area contributed by atoms with Crippen LogP contribution in [0.15, 0.2) is 17.0 Å². The fourth-order valence-corrected chi connectivity index (χ4v) is 0.759. The van der Waals surface area contributed by atoms with Gasteiger partial charge in [0.25, 0.3) is 0 Å². The number of hydrogen-bond acceptors (Lipinski definition) is 5. The molecule has 1 heterocycles. The molecule has 0 saturated carbocycles. The van der Waals surface area contributed by atoms with Crippen molar-refractivity contribution < 1.29 is 14.0 Å². The lowest BCUT2D eigenvalue weighted by atomic mass is 10.4. The highest BCUT2D eigenvalue weighted by Crippen LogP contribution is 2.08. The Balaban J connectivity index is 2.76. The molecule has 0 aromatic carbocycles. The monoisotopic (exact) mass is 192 g/mol. The van der Waals surface area contributed by atoms with E-state index in [9.17, 15) is 8.87 Å². The largest absolute Gasteiger partial charge is 0.374 e. The van der Waals surface area contributed by atoms with Gasteiger partial charge in [0.1, 0.15) is 12.0 Å². The topological polar surface area (TPSA) is 51.1 Å². The van der Waals surface area contributed by atoms with Crippen molar-refractivity contribution in [1.82, 2.24) is 15.7 Å². The third kappa shape index (κ3) is 2.28. The van der Waals surface area contributed by atoms with Gasteiger partial charge in [-0.05, 0) is 12.3 Å². The van der Waals surface area contributed by atoms with Gasteiger partial charge in [-0.1, -0.05) is 9.58 Å². The van der Waals surface area contributed by atoms with Crippen LogP contribution in [0.1, 0.15) is 6.92 Å². The zero-order chi connectivity index (χ0) is 10.0. The van der Waals surface area contributed by atoms with Gasteiger partial charge in [-0.3, -0.25) is 0 Å². The molecule has 0 aliphatic carbocycles. The summed E-state index contributed by atoms with van der Waals surface area (Å²) < 4.78 is 25.0. The Kier molecular flexibility index (Phi) is 2.66. The molecule has 0 aromatic rings. The molecule has 0 amide bonds. The second-order valence-corrected chi connectivity index (χ2v) is 2.57. The van der Waals surface area contributed by atoms with Crippen molar-refractivity contribution in [2.24, 2.45) is 5.10 Å². The Morgan fingerprint density at radius 2 is 2.38 bits per heavy atom. The fraction of sp³-hybridized carbons (Fsp3) is 0.500. The SMILES string of the molecule is CC(O)N(C)C1=CC(F)=NN(F)N1. The van der Waals surface area contributed by atoms with Crippen molar-refractivity contribution in [3.05, 3.63) is 11.9 Å². The molecule has 5 nitrogen and oxygen atoms in total. The Bertz CT molecular complexity index is 253.